The zero-order valence-corrected chi connectivity index (χ0v) is 46.5. The van der Waals surface area contributed by atoms with Gasteiger partial charge in [-0.15, -0.1) is 0 Å². The molecule has 0 spiro atoms. The molecule has 0 radical (unpaired) electrons. The van der Waals surface area contributed by atoms with Gasteiger partial charge in [-0.05, 0) is 122 Å². The maximum Gasteiger partial charge on any atom is 0.306 e. The fourth-order valence-corrected chi connectivity index (χ4v) is 8.08. The van der Waals surface area contributed by atoms with E-state index in [1.54, 1.807) is 0 Å². The van der Waals surface area contributed by atoms with E-state index in [1.807, 2.05) is 0 Å². The van der Waals surface area contributed by atoms with Crippen molar-refractivity contribution >= 4 is 17.9 Å². The summed E-state index contributed by atoms with van der Waals surface area (Å²) in [6.07, 6.45) is 78.2. The lowest BCUT2D eigenvalue weighted by atomic mass is 10.1. The molecule has 1 atom stereocenters. The first-order chi connectivity index (χ1) is 35.0. The van der Waals surface area contributed by atoms with Crippen molar-refractivity contribution in [2.24, 2.45) is 0 Å². The minimum atomic E-state index is -0.797. The first kappa shape index (κ1) is 67.3. The maximum absolute atomic E-state index is 12.9. The highest BCUT2D eigenvalue weighted by Gasteiger charge is 2.19. The highest BCUT2D eigenvalue weighted by Crippen LogP contribution is 2.14. The number of ether oxygens (including phenoxy) is 3. The summed E-state index contributed by atoms with van der Waals surface area (Å²) in [5.41, 5.74) is 0. The van der Waals surface area contributed by atoms with E-state index in [-0.39, 0.29) is 31.1 Å². The number of hydrogen-bond acceptors (Lipinski definition) is 6. The normalized spacial score (nSPS) is 12.8. The van der Waals surface area contributed by atoms with E-state index in [9.17, 15) is 14.4 Å². The van der Waals surface area contributed by atoms with Gasteiger partial charge in [-0.3, -0.25) is 14.4 Å². The van der Waals surface area contributed by atoms with Crippen LogP contribution < -0.4 is 0 Å². The summed E-state index contributed by atoms with van der Waals surface area (Å²) < 4.78 is 16.9. The van der Waals surface area contributed by atoms with E-state index in [0.717, 1.165) is 122 Å². The van der Waals surface area contributed by atoms with Crippen molar-refractivity contribution in [2.75, 3.05) is 13.2 Å². The smallest absolute Gasteiger partial charge is 0.306 e. The first-order valence-corrected chi connectivity index (χ1v) is 29.7. The molecule has 1 unspecified atom stereocenters. The van der Waals surface area contributed by atoms with Crippen LogP contribution in [0.5, 0.6) is 0 Å². The third-order valence-electron chi connectivity index (χ3n) is 12.5. The van der Waals surface area contributed by atoms with Gasteiger partial charge in [-0.2, -0.15) is 0 Å². The van der Waals surface area contributed by atoms with Gasteiger partial charge in [0.2, 0.25) is 0 Å². The minimum absolute atomic E-state index is 0.0933. The van der Waals surface area contributed by atoms with Gasteiger partial charge in [0.05, 0.1) is 0 Å². The second-order valence-electron chi connectivity index (χ2n) is 19.5. The number of carbonyl (C=O) groups excluding carboxylic acids is 3. The first-order valence-electron chi connectivity index (χ1n) is 29.7. The van der Waals surface area contributed by atoms with Crippen LogP contribution in [-0.2, 0) is 28.6 Å². The van der Waals surface area contributed by atoms with Crippen LogP contribution in [0.1, 0.15) is 278 Å². The van der Waals surface area contributed by atoms with Crippen LogP contribution in [0.3, 0.4) is 0 Å². The zero-order chi connectivity index (χ0) is 51.4. The molecular formula is C65H110O6. The molecule has 0 saturated heterocycles. The Morgan fingerprint density at radius 2 is 0.549 bits per heavy atom. The average molecular weight is 988 g/mol. The van der Waals surface area contributed by atoms with Gasteiger partial charge in [0, 0.05) is 19.3 Å². The molecule has 0 aromatic rings. The predicted octanol–water partition coefficient (Wildman–Crippen LogP) is 20.1. The second kappa shape index (κ2) is 58.9. The summed E-state index contributed by atoms with van der Waals surface area (Å²) in [6.45, 7) is 6.47. The van der Waals surface area contributed by atoms with Gasteiger partial charge in [-0.1, -0.05) is 234 Å². The number of carbonyl (C=O) groups is 3. The molecule has 0 aromatic heterocycles. The molecule has 0 bridgehead atoms. The molecule has 0 aliphatic rings. The fourth-order valence-electron chi connectivity index (χ4n) is 8.08. The molecule has 0 fully saturated rings. The Labute approximate surface area is 438 Å². The Bertz CT molecular complexity index is 1410. The Morgan fingerprint density at radius 3 is 0.859 bits per heavy atom. The maximum atomic E-state index is 12.9. The molecule has 0 aliphatic carbocycles. The van der Waals surface area contributed by atoms with Gasteiger partial charge >= 0.3 is 17.9 Å². The van der Waals surface area contributed by atoms with Gasteiger partial charge in [-0.25, -0.2) is 0 Å². The molecule has 0 saturated carbocycles. The van der Waals surface area contributed by atoms with Crippen LogP contribution in [0.2, 0.25) is 0 Å². The summed E-state index contributed by atoms with van der Waals surface area (Å²) in [5.74, 6) is -0.928. The van der Waals surface area contributed by atoms with Crippen molar-refractivity contribution in [3.8, 4) is 0 Å². The third-order valence-corrected chi connectivity index (χ3v) is 12.5. The van der Waals surface area contributed by atoms with Crippen LogP contribution in [0.25, 0.3) is 0 Å². The van der Waals surface area contributed by atoms with Crippen molar-refractivity contribution < 1.29 is 28.6 Å². The zero-order valence-electron chi connectivity index (χ0n) is 46.5. The Morgan fingerprint density at radius 1 is 0.296 bits per heavy atom. The van der Waals surface area contributed by atoms with E-state index in [0.29, 0.717) is 19.3 Å². The largest absolute Gasteiger partial charge is 0.462 e. The summed E-state index contributed by atoms with van der Waals surface area (Å²) >= 11 is 0. The Kier molecular flexibility index (Phi) is 55.9. The van der Waals surface area contributed by atoms with E-state index >= 15 is 0 Å². The number of rotatable bonds is 53. The summed E-state index contributed by atoms with van der Waals surface area (Å²) in [5, 5.41) is 0. The van der Waals surface area contributed by atoms with Crippen molar-refractivity contribution in [3.63, 3.8) is 0 Å². The molecule has 71 heavy (non-hydrogen) atoms. The van der Waals surface area contributed by atoms with E-state index in [4.69, 9.17) is 14.2 Å². The molecule has 0 N–H and O–H groups in total. The van der Waals surface area contributed by atoms with Crippen molar-refractivity contribution in [1.29, 1.82) is 0 Å². The quantitative estimate of drug-likeness (QED) is 0.0261. The number of esters is 3. The van der Waals surface area contributed by atoms with Gasteiger partial charge < -0.3 is 14.2 Å². The number of unbranched alkanes of at least 4 members (excludes halogenated alkanes) is 26. The standard InChI is InChI=1S/C65H110O6/c1-4-7-10-13-16-19-22-25-28-31-34-37-40-43-46-49-52-55-58-64(67)70-61-62(60-69-63(66)57-54-51-48-45-42-39-36-33-30-27-24-21-18-15-12-9-6-3)71-65(68)59-56-53-50-47-44-41-38-35-32-29-26-23-20-17-14-11-8-5-2/h9,12,18-23,27-32,36,39,62H,4-8,10-11,13-17,24-26,33-35,37-38,40-61H2,1-3H3/b12-9-,21-18-,22-19-,23-20-,30-27-,31-28-,32-29-,39-36-. The lowest BCUT2D eigenvalue weighted by molar-refractivity contribution is -0.167. The van der Waals surface area contributed by atoms with E-state index in [1.165, 1.54) is 116 Å². The van der Waals surface area contributed by atoms with Crippen molar-refractivity contribution in [3.05, 3.63) is 97.2 Å². The summed E-state index contributed by atoms with van der Waals surface area (Å²) in [6, 6.07) is 0. The minimum Gasteiger partial charge on any atom is -0.462 e. The average Bonchev–Trinajstić information content (AvgIpc) is 3.37. The van der Waals surface area contributed by atoms with Gasteiger partial charge in [0.15, 0.2) is 6.10 Å². The topological polar surface area (TPSA) is 78.9 Å². The van der Waals surface area contributed by atoms with Crippen molar-refractivity contribution in [1.82, 2.24) is 0 Å². The highest BCUT2D eigenvalue weighted by molar-refractivity contribution is 5.71. The SMILES string of the molecule is CC/C=C\C/C=C\C/C=C\C/C=C\CCCCCCC(=O)OCC(COC(=O)CCCCCCCCC/C=C\C/C=C\CCCCCC)OC(=O)CCCCCCCCC/C=C\C/C=C\CCCCCC. The van der Waals surface area contributed by atoms with Crippen LogP contribution in [0.15, 0.2) is 97.2 Å². The second-order valence-corrected chi connectivity index (χ2v) is 19.5. The molecular weight excluding hydrogens is 877 g/mol. The molecule has 0 heterocycles. The Hall–Kier alpha value is -3.67. The number of hydrogen-bond donors (Lipinski definition) is 0. The third kappa shape index (κ3) is 57.1. The molecule has 0 rings (SSSR count). The Balaban J connectivity index is 4.46. The van der Waals surface area contributed by atoms with Crippen LogP contribution in [0.4, 0.5) is 0 Å². The van der Waals surface area contributed by atoms with Crippen LogP contribution in [-0.4, -0.2) is 37.2 Å². The lowest BCUT2D eigenvalue weighted by Crippen LogP contribution is -2.30. The van der Waals surface area contributed by atoms with E-state index < -0.39 is 6.10 Å². The highest BCUT2D eigenvalue weighted by atomic mass is 16.6. The molecule has 0 amide bonds. The van der Waals surface area contributed by atoms with Crippen molar-refractivity contribution in [2.45, 2.75) is 284 Å². The lowest BCUT2D eigenvalue weighted by Gasteiger charge is -2.18. The van der Waals surface area contributed by atoms with Gasteiger partial charge in [0.1, 0.15) is 13.2 Å². The van der Waals surface area contributed by atoms with E-state index in [2.05, 4.69) is 118 Å². The summed E-state index contributed by atoms with van der Waals surface area (Å²) in [7, 11) is 0. The molecule has 0 aromatic carbocycles. The molecule has 406 valence electrons. The summed E-state index contributed by atoms with van der Waals surface area (Å²) in [4.78, 5) is 38.2. The van der Waals surface area contributed by atoms with Gasteiger partial charge in [0.25, 0.3) is 0 Å². The molecule has 0 aliphatic heterocycles. The predicted molar refractivity (Wildman–Crippen MR) is 307 cm³/mol. The van der Waals surface area contributed by atoms with Crippen LogP contribution in [0, 0.1) is 0 Å². The molecule has 6 nitrogen and oxygen atoms in total. The van der Waals surface area contributed by atoms with Crippen LogP contribution >= 0.6 is 0 Å². The monoisotopic (exact) mass is 987 g/mol. The fraction of sp³-hybridized carbons (Fsp3) is 0.708. The number of allylic oxidation sites excluding steroid dienone is 16. The molecule has 6 heteroatoms.